The van der Waals surface area contributed by atoms with Crippen molar-refractivity contribution in [1.82, 2.24) is 4.90 Å². The fourth-order valence-corrected chi connectivity index (χ4v) is 3.66. The molecular formula is C18H21BrN2O7. The van der Waals surface area contributed by atoms with Gasteiger partial charge >= 0.3 is 12.1 Å². The first kappa shape index (κ1) is 21.8. The Bertz CT molecular complexity index is 834. The first-order valence-electron chi connectivity index (χ1n) is 8.58. The number of halogens is 1. The van der Waals surface area contributed by atoms with Crippen molar-refractivity contribution in [2.75, 3.05) is 6.54 Å². The summed E-state index contributed by atoms with van der Waals surface area (Å²) in [6.45, 7) is 5.17. The van der Waals surface area contributed by atoms with Crippen LogP contribution in [0.4, 0.5) is 10.5 Å². The van der Waals surface area contributed by atoms with Crippen molar-refractivity contribution in [3.05, 3.63) is 38.3 Å². The lowest BCUT2D eigenvalue weighted by Gasteiger charge is -2.35. The summed E-state index contributed by atoms with van der Waals surface area (Å²) in [5.41, 5.74) is -2.61. The van der Waals surface area contributed by atoms with Crippen molar-refractivity contribution >= 4 is 39.5 Å². The highest BCUT2D eigenvalue weighted by Crippen LogP contribution is 2.36. The van der Waals surface area contributed by atoms with Crippen LogP contribution in [-0.4, -0.2) is 50.5 Å². The van der Waals surface area contributed by atoms with Gasteiger partial charge in [0.05, 0.1) is 9.40 Å². The van der Waals surface area contributed by atoms with E-state index in [4.69, 9.17) is 4.74 Å². The summed E-state index contributed by atoms with van der Waals surface area (Å²) in [5.74, 6) is -1.82. The first-order chi connectivity index (χ1) is 12.9. The summed E-state index contributed by atoms with van der Waals surface area (Å²) in [6, 6.07) is 3.72. The fraction of sp³-hybridized carbons (Fsp3) is 0.500. The number of hydrogen-bond acceptors (Lipinski definition) is 6. The quantitative estimate of drug-likeness (QED) is 0.405. The third kappa shape index (κ3) is 4.49. The molecule has 2 rings (SSSR count). The number of carboxylic acids is 1. The number of nitro benzene ring substituents is 1. The Labute approximate surface area is 169 Å². The number of rotatable bonds is 5. The third-order valence-electron chi connectivity index (χ3n) is 4.42. The smallest absolute Gasteiger partial charge is 0.411 e. The molecule has 152 valence electrons. The van der Waals surface area contributed by atoms with Gasteiger partial charge in [-0.15, -0.1) is 0 Å². The van der Waals surface area contributed by atoms with Crippen molar-refractivity contribution in [3.8, 4) is 0 Å². The molecule has 1 atom stereocenters. The van der Waals surface area contributed by atoms with E-state index in [0.29, 0.717) is 6.42 Å². The van der Waals surface area contributed by atoms with E-state index in [1.165, 1.54) is 18.2 Å². The van der Waals surface area contributed by atoms with Gasteiger partial charge in [-0.25, -0.2) is 9.59 Å². The molecule has 10 heteroatoms. The zero-order valence-electron chi connectivity index (χ0n) is 15.7. The second kappa shape index (κ2) is 7.86. The number of ketones is 1. The molecule has 1 heterocycles. The number of aliphatic carboxylic acids is 1. The van der Waals surface area contributed by atoms with Gasteiger partial charge in [0, 0.05) is 24.6 Å². The molecule has 1 aliphatic rings. The molecule has 0 aliphatic carbocycles. The zero-order valence-corrected chi connectivity index (χ0v) is 17.3. The Hall–Kier alpha value is -2.49. The molecule has 0 spiro atoms. The molecule has 1 amide bonds. The van der Waals surface area contributed by atoms with Crippen molar-refractivity contribution in [3.63, 3.8) is 0 Å². The van der Waals surface area contributed by atoms with Crippen LogP contribution in [0, 0.1) is 10.1 Å². The summed E-state index contributed by atoms with van der Waals surface area (Å²) in [4.78, 5) is 48.8. The fourth-order valence-electron chi connectivity index (χ4n) is 3.14. The van der Waals surface area contributed by atoms with E-state index in [1.54, 1.807) is 20.8 Å². The number of hydrogen-bond donors (Lipinski definition) is 1. The topological polar surface area (TPSA) is 127 Å². The highest BCUT2D eigenvalue weighted by molar-refractivity contribution is 9.10. The van der Waals surface area contributed by atoms with E-state index in [1.807, 2.05) is 0 Å². The zero-order chi connectivity index (χ0) is 21.3. The maximum absolute atomic E-state index is 12.8. The van der Waals surface area contributed by atoms with Gasteiger partial charge in [0.25, 0.3) is 5.69 Å². The van der Waals surface area contributed by atoms with E-state index >= 15 is 0 Å². The molecule has 0 aromatic heterocycles. The molecule has 28 heavy (non-hydrogen) atoms. The van der Waals surface area contributed by atoms with Crippen LogP contribution in [0.2, 0.25) is 0 Å². The molecule has 1 aromatic carbocycles. The number of ether oxygens (including phenoxy) is 1. The van der Waals surface area contributed by atoms with Crippen LogP contribution in [0.15, 0.2) is 22.7 Å². The van der Waals surface area contributed by atoms with Crippen molar-refractivity contribution in [1.29, 1.82) is 0 Å². The standard InChI is InChI=1S/C18H21BrN2O7/c1-17(2,3)28-16(25)20-8-4-7-18(20,15(23)24)10-14(22)11-5-6-13(21(26)27)12(19)9-11/h5-6,9H,4,7-8,10H2,1-3H3,(H,23,24). The average Bonchev–Trinajstić information content (AvgIpc) is 2.97. The second-order valence-electron chi connectivity index (χ2n) is 7.60. The number of nitrogens with zero attached hydrogens (tertiary/aromatic N) is 2. The van der Waals surface area contributed by atoms with E-state index in [0.717, 1.165) is 4.90 Å². The van der Waals surface area contributed by atoms with Crippen LogP contribution in [0.1, 0.15) is 50.4 Å². The Morgan fingerprint density at radius 1 is 1.36 bits per heavy atom. The van der Waals surface area contributed by atoms with Gasteiger partial charge < -0.3 is 9.84 Å². The predicted molar refractivity (Wildman–Crippen MR) is 102 cm³/mol. The Morgan fingerprint density at radius 3 is 2.50 bits per heavy atom. The highest BCUT2D eigenvalue weighted by Gasteiger charge is 2.52. The number of amides is 1. The minimum Gasteiger partial charge on any atom is -0.479 e. The SMILES string of the molecule is CC(C)(C)OC(=O)N1CCCC1(CC(=O)c1ccc([N+](=O)[O-])c(Br)c1)C(=O)O. The number of benzene rings is 1. The van der Waals surface area contributed by atoms with Gasteiger partial charge in [-0.05, 0) is 61.7 Å². The molecule has 1 fully saturated rings. The Kier molecular flexibility index (Phi) is 6.12. The Balaban J connectivity index is 2.32. The van der Waals surface area contributed by atoms with Gasteiger partial charge in [0.1, 0.15) is 5.60 Å². The lowest BCUT2D eigenvalue weighted by atomic mass is 9.88. The maximum Gasteiger partial charge on any atom is 0.411 e. The maximum atomic E-state index is 12.8. The van der Waals surface area contributed by atoms with Crippen LogP contribution >= 0.6 is 15.9 Å². The van der Waals surface area contributed by atoms with Gasteiger partial charge in [-0.1, -0.05) is 0 Å². The number of carboxylic acid groups (broad SMARTS) is 1. The molecule has 9 nitrogen and oxygen atoms in total. The molecule has 0 saturated carbocycles. The minimum absolute atomic E-state index is 0.113. The average molecular weight is 457 g/mol. The van der Waals surface area contributed by atoms with Gasteiger partial charge in [-0.3, -0.25) is 19.8 Å². The van der Waals surface area contributed by atoms with Gasteiger partial charge in [0.2, 0.25) is 0 Å². The number of carbonyl (C=O) groups is 3. The van der Waals surface area contributed by atoms with Crippen LogP contribution in [0.5, 0.6) is 0 Å². The second-order valence-corrected chi connectivity index (χ2v) is 8.45. The van der Waals surface area contributed by atoms with Gasteiger partial charge in [0.15, 0.2) is 11.3 Å². The largest absolute Gasteiger partial charge is 0.479 e. The molecular weight excluding hydrogens is 436 g/mol. The van der Waals surface area contributed by atoms with Crippen LogP contribution in [0.25, 0.3) is 0 Å². The van der Waals surface area contributed by atoms with Crippen LogP contribution in [-0.2, 0) is 9.53 Å². The number of carbonyl (C=O) groups excluding carboxylic acids is 2. The highest BCUT2D eigenvalue weighted by atomic mass is 79.9. The summed E-state index contributed by atoms with van der Waals surface area (Å²) in [5, 5.41) is 20.8. The van der Waals surface area contributed by atoms with Crippen molar-refractivity contribution in [2.45, 2.75) is 51.2 Å². The monoisotopic (exact) mass is 456 g/mol. The predicted octanol–water partition coefficient (Wildman–Crippen LogP) is 3.78. The van der Waals surface area contributed by atoms with E-state index in [9.17, 15) is 29.6 Å². The normalized spacial score (nSPS) is 19.4. The van der Waals surface area contributed by atoms with Crippen molar-refractivity contribution < 1.29 is 29.2 Å². The number of likely N-dealkylation sites (tertiary alicyclic amines) is 1. The molecule has 1 saturated heterocycles. The lowest BCUT2D eigenvalue weighted by Crippen LogP contribution is -2.55. The number of Topliss-reactive ketones (excluding diaryl/α,β-unsaturated/α-hetero) is 1. The summed E-state index contributed by atoms with van der Waals surface area (Å²) < 4.78 is 5.42. The third-order valence-corrected chi connectivity index (χ3v) is 5.06. The van der Waals surface area contributed by atoms with Crippen LogP contribution < -0.4 is 0 Å². The summed E-state index contributed by atoms with van der Waals surface area (Å²) in [6.07, 6.45) is -0.708. The number of nitro groups is 1. The molecule has 1 unspecified atom stereocenters. The molecule has 1 aliphatic heterocycles. The first-order valence-corrected chi connectivity index (χ1v) is 9.38. The molecule has 0 bridgehead atoms. The minimum atomic E-state index is -1.71. The molecule has 1 aromatic rings. The van der Waals surface area contributed by atoms with E-state index in [2.05, 4.69) is 15.9 Å². The summed E-state index contributed by atoms with van der Waals surface area (Å²) >= 11 is 3.04. The van der Waals surface area contributed by atoms with Gasteiger partial charge in [-0.2, -0.15) is 0 Å². The lowest BCUT2D eigenvalue weighted by molar-refractivity contribution is -0.385. The summed E-state index contributed by atoms with van der Waals surface area (Å²) in [7, 11) is 0. The van der Waals surface area contributed by atoms with E-state index < -0.39 is 40.3 Å². The van der Waals surface area contributed by atoms with E-state index in [-0.39, 0.29) is 28.7 Å². The molecule has 0 radical (unpaired) electrons. The Morgan fingerprint density at radius 2 is 2.00 bits per heavy atom. The molecule has 1 N–H and O–H groups in total. The van der Waals surface area contributed by atoms with Crippen molar-refractivity contribution in [2.24, 2.45) is 0 Å². The van der Waals surface area contributed by atoms with Crippen LogP contribution in [0.3, 0.4) is 0 Å².